The quantitative estimate of drug-likeness (QED) is 0.750. The Morgan fingerprint density at radius 1 is 1.08 bits per heavy atom. The van der Waals surface area contributed by atoms with Gasteiger partial charge in [-0.1, -0.05) is 17.4 Å². The van der Waals surface area contributed by atoms with E-state index in [-0.39, 0.29) is 10.6 Å². The van der Waals surface area contributed by atoms with E-state index in [9.17, 15) is 8.42 Å². The zero-order valence-electron chi connectivity index (χ0n) is 13.4. The van der Waals surface area contributed by atoms with Crippen LogP contribution in [0.3, 0.4) is 0 Å². The average Bonchev–Trinajstić information content (AvgIpc) is 2.94. The molecule has 0 aliphatic carbocycles. The number of benzene rings is 2. The number of aromatic nitrogens is 1. The Morgan fingerprint density at radius 3 is 2.58 bits per heavy atom. The maximum absolute atomic E-state index is 12.7. The summed E-state index contributed by atoms with van der Waals surface area (Å²) in [4.78, 5) is 4.35. The van der Waals surface area contributed by atoms with Crippen molar-refractivity contribution in [3.63, 3.8) is 0 Å². The van der Waals surface area contributed by atoms with Crippen LogP contribution in [0.2, 0.25) is 0 Å². The lowest BCUT2D eigenvalue weighted by atomic mass is 10.2. The summed E-state index contributed by atoms with van der Waals surface area (Å²) < 4.78 is 39.0. The van der Waals surface area contributed by atoms with Crippen molar-refractivity contribution >= 4 is 36.7 Å². The summed E-state index contributed by atoms with van der Waals surface area (Å²) in [7, 11) is -0.906. The lowest BCUT2D eigenvalue weighted by Gasteiger charge is -2.11. The molecule has 0 saturated heterocycles. The van der Waals surface area contributed by atoms with Gasteiger partial charge in [0.05, 0.1) is 24.4 Å². The van der Waals surface area contributed by atoms with E-state index in [4.69, 9.17) is 9.47 Å². The summed E-state index contributed by atoms with van der Waals surface area (Å²) in [6, 6.07) is 10.3. The molecule has 0 fully saturated rings. The van der Waals surface area contributed by atoms with Gasteiger partial charge in [-0.15, -0.1) is 0 Å². The Balaban J connectivity index is 1.98. The van der Waals surface area contributed by atoms with Crippen LogP contribution in [0, 0.1) is 6.92 Å². The van der Waals surface area contributed by atoms with Crippen molar-refractivity contribution in [1.29, 1.82) is 0 Å². The van der Waals surface area contributed by atoms with E-state index >= 15 is 0 Å². The molecule has 126 valence electrons. The lowest BCUT2D eigenvalue weighted by molar-refractivity contribution is 0.386. The van der Waals surface area contributed by atoms with Gasteiger partial charge in [-0.25, -0.2) is 13.4 Å². The van der Waals surface area contributed by atoms with Crippen molar-refractivity contribution in [2.24, 2.45) is 0 Å². The molecular weight excluding hydrogens is 348 g/mol. The van der Waals surface area contributed by atoms with Gasteiger partial charge in [0.15, 0.2) is 5.13 Å². The van der Waals surface area contributed by atoms with Gasteiger partial charge in [-0.3, -0.25) is 4.72 Å². The van der Waals surface area contributed by atoms with Gasteiger partial charge < -0.3 is 9.47 Å². The Bertz CT molecular complexity index is 996. The molecule has 3 aromatic rings. The minimum atomic E-state index is -3.82. The zero-order valence-corrected chi connectivity index (χ0v) is 15.0. The molecule has 0 radical (unpaired) electrons. The SMILES string of the molecule is COc1ccc(S(=O)(=O)Nc2nc3ccc(C)cc3s2)c(OC)c1. The number of hydrogen-bond donors (Lipinski definition) is 1. The standard InChI is InChI=1S/C16H16N2O4S2/c1-10-4-6-12-14(8-10)23-16(17-12)18-24(19,20)15-7-5-11(21-2)9-13(15)22-3/h4-9H,1-3H3,(H,17,18). The number of hydrogen-bond acceptors (Lipinski definition) is 6. The van der Waals surface area contributed by atoms with Crippen LogP contribution in [0.1, 0.15) is 5.56 Å². The predicted molar refractivity (Wildman–Crippen MR) is 94.7 cm³/mol. The molecule has 0 aliphatic heterocycles. The first-order chi connectivity index (χ1) is 11.4. The van der Waals surface area contributed by atoms with Gasteiger partial charge in [0, 0.05) is 6.07 Å². The number of anilines is 1. The van der Waals surface area contributed by atoms with Gasteiger partial charge in [0.2, 0.25) is 0 Å². The topological polar surface area (TPSA) is 77.5 Å². The number of methoxy groups -OCH3 is 2. The van der Waals surface area contributed by atoms with Gasteiger partial charge >= 0.3 is 0 Å². The van der Waals surface area contributed by atoms with Crippen LogP contribution >= 0.6 is 11.3 Å². The predicted octanol–water partition coefficient (Wildman–Crippen LogP) is 3.42. The number of nitrogens with one attached hydrogen (secondary N) is 1. The fourth-order valence-corrected chi connectivity index (χ4v) is 4.59. The Morgan fingerprint density at radius 2 is 1.88 bits per heavy atom. The van der Waals surface area contributed by atoms with E-state index in [0.29, 0.717) is 10.9 Å². The fourth-order valence-electron chi connectivity index (χ4n) is 2.24. The number of nitrogens with zero attached hydrogens (tertiary/aromatic N) is 1. The molecule has 0 atom stereocenters. The fraction of sp³-hybridized carbons (Fsp3) is 0.188. The smallest absolute Gasteiger partial charge is 0.267 e. The monoisotopic (exact) mass is 364 g/mol. The van der Waals surface area contributed by atoms with Crippen molar-refractivity contribution in [1.82, 2.24) is 4.98 Å². The van der Waals surface area contributed by atoms with E-state index in [1.807, 2.05) is 25.1 Å². The van der Waals surface area contributed by atoms with Gasteiger partial charge in [0.1, 0.15) is 16.4 Å². The second kappa shape index (κ2) is 6.29. The molecule has 3 rings (SSSR count). The van der Waals surface area contributed by atoms with Crippen LogP contribution in [0.5, 0.6) is 11.5 Å². The first-order valence-electron chi connectivity index (χ1n) is 7.05. The van der Waals surface area contributed by atoms with E-state index in [1.54, 1.807) is 6.07 Å². The first kappa shape index (κ1) is 16.5. The van der Waals surface area contributed by atoms with Crippen LogP contribution in [0.4, 0.5) is 5.13 Å². The van der Waals surface area contributed by atoms with Crippen molar-refractivity contribution in [3.05, 3.63) is 42.0 Å². The molecular formula is C16H16N2O4S2. The summed E-state index contributed by atoms with van der Waals surface area (Å²) in [5, 5.41) is 0.313. The summed E-state index contributed by atoms with van der Waals surface area (Å²) >= 11 is 1.29. The van der Waals surface area contributed by atoms with Crippen molar-refractivity contribution in [2.75, 3.05) is 18.9 Å². The number of aryl methyl sites for hydroxylation is 1. The number of thiazole rings is 1. The van der Waals surface area contributed by atoms with Gasteiger partial charge in [0.25, 0.3) is 10.0 Å². The van der Waals surface area contributed by atoms with Crippen LogP contribution in [-0.4, -0.2) is 27.6 Å². The third-order valence-corrected chi connectivity index (χ3v) is 5.87. The van der Waals surface area contributed by atoms with E-state index in [1.165, 1.54) is 37.7 Å². The maximum atomic E-state index is 12.7. The highest BCUT2D eigenvalue weighted by atomic mass is 32.2. The second-order valence-corrected chi connectivity index (χ2v) is 7.79. The highest BCUT2D eigenvalue weighted by Crippen LogP contribution is 2.32. The van der Waals surface area contributed by atoms with Gasteiger partial charge in [-0.2, -0.15) is 0 Å². The number of sulfonamides is 1. The highest BCUT2D eigenvalue weighted by Gasteiger charge is 2.22. The van der Waals surface area contributed by atoms with E-state index in [0.717, 1.165) is 15.8 Å². The molecule has 2 aromatic carbocycles. The lowest BCUT2D eigenvalue weighted by Crippen LogP contribution is -2.14. The van der Waals surface area contributed by atoms with Crippen molar-refractivity contribution < 1.29 is 17.9 Å². The van der Waals surface area contributed by atoms with Crippen LogP contribution in [-0.2, 0) is 10.0 Å². The number of fused-ring (bicyclic) bond motifs is 1. The zero-order chi connectivity index (χ0) is 17.3. The molecule has 24 heavy (non-hydrogen) atoms. The van der Waals surface area contributed by atoms with Crippen molar-refractivity contribution in [2.45, 2.75) is 11.8 Å². The third-order valence-electron chi connectivity index (χ3n) is 3.43. The largest absolute Gasteiger partial charge is 0.497 e. The summed E-state index contributed by atoms with van der Waals surface area (Å²) in [6.45, 7) is 1.98. The summed E-state index contributed by atoms with van der Waals surface area (Å²) in [5.74, 6) is 0.722. The van der Waals surface area contributed by atoms with E-state index < -0.39 is 10.0 Å². The van der Waals surface area contributed by atoms with Crippen LogP contribution in [0.15, 0.2) is 41.3 Å². The Labute approximate surface area is 144 Å². The molecule has 0 aliphatic rings. The van der Waals surface area contributed by atoms with Gasteiger partial charge in [-0.05, 0) is 36.8 Å². The van der Waals surface area contributed by atoms with Crippen LogP contribution < -0.4 is 14.2 Å². The molecule has 1 N–H and O–H groups in total. The van der Waals surface area contributed by atoms with Crippen LogP contribution in [0.25, 0.3) is 10.2 Å². The Hall–Kier alpha value is -2.32. The Kier molecular flexibility index (Phi) is 4.33. The van der Waals surface area contributed by atoms with Crippen molar-refractivity contribution in [3.8, 4) is 11.5 Å². The molecule has 0 amide bonds. The molecule has 0 unspecified atom stereocenters. The molecule has 0 saturated carbocycles. The summed E-state index contributed by atoms with van der Waals surface area (Å²) in [6.07, 6.45) is 0. The number of rotatable bonds is 5. The van der Waals surface area contributed by atoms with E-state index in [2.05, 4.69) is 9.71 Å². The molecule has 6 nitrogen and oxygen atoms in total. The maximum Gasteiger partial charge on any atom is 0.267 e. The third kappa shape index (κ3) is 3.15. The molecule has 0 bridgehead atoms. The minimum Gasteiger partial charge on any atom is -0.497 e. The highest BCUT2D eigenvalue weighted by molar-refractivity contribution is 7.93. The summed E-state index contributed by atoms with van der Waals surface area (Å²) in [5.41, 5.74) is 1.85. The average molecular weight is 364 g/mol. The number of ether oxygens (including phenoxy) is 2. The molecule has 1 heterocycles. The molecule has 0 spiro atoms. The first-order valence-corrected chi connectivity index (χ1v) is 9.35. The molecule has 1 aromatic heterocycles. The minimum absolute atomic E-state index is 0.0289. The molecule has 8 heteroatoms. The normalized spacial score (nSPS) is 11.5. The second-order valence-electron chi connectivity index (χ2n) is 5.11.